The van der Waals surface area contributed by atoms with E-state index in [0.29, 0.717) is 12.1 Å². The number of hydrogen-bond acceptors (Lipinski definition) is 5. The average Bonchev–Trinajstić information content (AvgIpc) is 2.81. The van der Waals surface area contributed by atoms with Crippen LogP contribution in [0.3, 0.4) is 0 Å². The molecule has 9 nitrogen and oxygen atoms in total. The number of hydrogen-bond donors (Lipinski definition) is 3. The second-order valence-corrected chi connectivity index (χ2v) is 9.32. The second kappa shape index (κ2) is 14.6. The summed E-state index contributed by atoms with van der Waals surface area (Å²) in [7, 11) is 0. The van der Waals surface area contributed by atoms with Crippen molar-refractivity contribution >= 4 is 29.9 Å². The topological polar surface area (TPSA) is 131 Å². The third-order valence-corrected chi connectivity index (χ3v) is 5.09. The smallest absolute Gasteiger partial charge is 0.408 e. The molecule has 0 heterocycles. The van der Waals surface area contributed by atoms with Crippen molar-refractivity contribution in [1.82, 2.24) is 15.5 Å². The highest BCUT2D eigenvalue weighted by Crippen LogP contribution is 2.24. The fraction of sp³-hybridized carbons (Fsp3) is 0.481. The molecule has 9 heteroatoms. The van der Waals surface area contributed by atoms with Crippen LogP contribution < -0.4 is 16.4 Å². The van der Waals surface area contributed by atoms with Gasteiger partial charge in [0.25, 0.3) is 5.91 Å². The summed E-state index contributed by atoms with van der Waals surface area (Å²) in [4.78, 5) is 51.7. The van der Waals surface area contributed by atoms with Crippen molar-refractivity contribution in [3.05, 3.63) is 42.0 Å². The van der Waals surface area contributed by atoms with E-state index in [-0.39, 0.29) is 12.8 Å². The van der Waals surface area contributed by atoms with Gasteiger partial charge in [-0.15, -0.1) is 0 Å². The summed E-state index contributed by atoms with van der Waals surface area (Å²) in [5, 5.41) is 5.31. The molecule has 1 aromatic carbocycles. The number of carbonyl (C=O) groups is 4. The molecule has 2 unspecified atom stereocenters. The standard InChI is InChI=1S/C27H38N4O5/c1-7-10-11-17-29-24(33)23(20-14-12-13-19(8-2)18-20)31(9-3)25(34)21(15-16-22(28)32)30-26(35)36-27(4,5)6/h3,8,12-14,18,21,23H,2,7,10-11,15-17H2,1,4-6H3,(H2,28,32)(H,29,33)(H,30,35). The van der Waals surface area contributed by atoms with Crippen molar-refractivity contribution in [2.45, 2.75) is 77.5 Å². The summed E-state index contributed by atoms with van der Waals surface area (Å²) < 4.78 is 5.26. The Labute approximate surface area is 213 Å². The first-order valence-electron chi connectivity index (χ1n) is 12.0. The van der Waals surface area contributed by atoms with Gasteiger partial charge in [-0.1, -0.05) is 57.0 Å². The van der Waals surface area contributed by atoms with E-state index in [1.54, 1.807) is 51.1 Å². The zero-order valence-electron chi connectivity index (χ0n) is 21.6. The largest absolute Gasteiger partial charge is 0.444 e. The van der Waals surface area contributed by atoms with Gasteiger partial charge in [0.15, 0.2) is 0 Å². The zero-order valence-corrected chi connectivity index (χ0v) is 21.6. The van der Waals surface area contributed by atoms with Crippen LogP contribution in [0.2, 0.25) is 0 Å². The van der Waals surface area contributed by atoms with Crippen LogP contribution in [0.15, 0.2) is 30.8 Å². The normalized spacial score (nSPS) is 12.4. The minimum absolute atomic E-state index is 0.122. The number of nitrogens with zero attached hydrogens (tertiary/aromatic N) is 1. The highest BCUT2D eigenvalue weighted by Gasteiger charge is 2.36. The second-order valence-electron chi connectivity index (χ2n) is 9.32. The van der Waals surface area contributed by atoms with E-state index in [1.165, 1.54) is 0 Å². The number of rotatable bonds is 13. The van der Waals surface area contributed by atoms with E-state index in [2.05, 4.69) is 23.3 Å². The van der Waals surface area contributed by atoms with Gasteiger partial charge < -0.3 is 21.1 Å². The highest BCUT2D eigenvalue weighted by molar-refractivity contribution is 5.93. The van der Waals surface area contributed by atoms with E-state index < -0.39 is 41.5 Å². The Kier molecular flexibility index (Phi) is 12.2. The fourth-order valence-electron chi connectivity index (χ4n) is 3.38. The number of benzene rings is 1. The summed E-state index contributed by atoms with van der Waals surface area (Å²) in [5.74, 6) is -1.87. The first kappa shape index (κ1) is 30.2. The van der Waals surface area contributed by atoms with Gasteiger partial charge in [-0.3, -0.25) is 19.3 Å². The van der Waals surface area contributed by atoms with E-state index in [1.807, 2.05) is 6.92 Å². The number of nitrogens with two attached hydrogens (primary N) is 1. The molecule has 0 saturated carbocycles. The van der Waals surface area contributed by atoms with Crippen LogP contribution in [0.1, 0.15) is 77.0 Å². The van der Waals surface area contributed by atoms with Gasteiger partial charge in [-0.25, -0.2) is 4.79 Å². The Morgan fingerprint density at radius 2 is 1.94 bits per heavy atom. The number of primary amides is 1. The average molecular weight is 499 g/mol. The summed E-state index contributed by atoms with van der Waals surface area (Å²) in [6, 6.07) is 6.79. The molecule has 0 aromatic heterocycles. The molecule has 2 atom stereocenters. The maximum Gasteiger partial charge on any atom is 0.408 e. The summed E-state index contributed by atoms with van der Waals surface area (Å²) in [6.45, 7) is 11.2. The quantitative estimate of drug-likeness (QED) is 0.218. The fourth-order valence-corrected chi connectivity index (χ4v) is 3.38. The van der Waals surface area contributed by atoms with Gasteiger partial charge in [-0.2, -0.15) is 0 Å². The van der Waals surface area contributed by atoms with Gasteiger partial charge in [0.1, 0.15) is 17.7 Å². The maximum atomic E-state index is 13.6. The molecule has 1 aromatic rings. The molecule has 0 aliphatic heterocycles. The minimum atomic E-state index is -1.25. The Morgan fingerprint density at radius 3 is 2.50 bits per heavy atom. The first-order chi connectivity index (χ1) is 16.9. The predicted molar refractivity (Wildman–Crippen MR) is 139 cm³/mol. The zero-order chi connectivity index (χ0) is 27.3. The van der Waals surface area contributed by atoms with Crippen LogP contribution in [0.4, 0.5) is 4.79 Å². The van der Waals surface area contributed by atoms with E-state index in [0.717, 1.165) is 29.7 Å². The number of nitrogens with one attached hydrogen (secondary N) is 2. The van der Waals surface area contributed by atoms with Crippen LogP contribution in [0.5, 0.6) is 0 Å². The lowest BCUT2D eigenvalue weighted by molar-refractivity contribution is -0.138. The van der Waals surface area contributed by atoms with E-state index >= 15 is 0 Å². The van der Waals surface area contributed by atoms with Crippen molar-refractivity contribution in [2.75, 3.05) is 6.54 Å². The van der Waals surface area contributed by atoms with E-state index in [9.17, 15) is 19.2 Å². The molecule has 0 fully saturated rings. The molecule has 4 amide bonds. The Bertz CT molecular complexity index is 977. The predicted octanol–water partition coefficient (Wildman–Crippen LogP) is 3.26. The van der Waals surface area contributed by atoms with E-state index in [4.69, 9.17) is 16.9 Å². The lowest BCUT2D eigenvalue weighted by Crippen LogP contribution is -2.51. The van der Waals surface area contributed by atoms with Crippen LogP contribution in [-0.4, -0.2) is 46.9 Å². The van der Waals surface area contributed by atoms with Gasteiger partial charge >= 0.3 is 6.09 Å². The molecule has 0 bridgehead atoms. The minimum Gasteiger partial charge on any atom is -0.444 e. The van der Waals surface area contributed by atoms with Crippen molar-refractivity contribution in [3.63, 3.8) is 0 Å². The summed E-state index contributed by atoms with van der Waals surface area (Å²) in [5.41, 5.74) is 5.65. The van der Waals surface area contributed by atoms with Crippen molar-refractivity contribution in [1.29, 1.82) is 0 Å². The van der Waals surface area contributed by atoms with Crippen molar-refractivity contribution in [2.24, 2.45) is 5.73 Å². The lowest BCUT2D eigenvalue weighted by Gasteiger charge is -2.30. The third kappa shape index (κ3) is 10.2. The van der Waals surface area contributed by atoms with Crippen LogP contribution >= 0.6 is 0 Å². The number of alkyl carbamates (subject to hydrolysis) is 1. The number of ether oxygens (including phenoxy) is 1. The molecule has 196 valence electrons. The molecule has 0 spiro atoms. The van der Waals surface area contributed by atoms with Gasteiger partial charge in [0.2, 0.25) is 11.8 Å². The SMILES string of the molecule is C#CN(C(=O)C(CCC(N)=O)NC(=O)OC(C)(C)C)C(C(=O)NCCCCC)c1cccc(C=C)c1. The molecule has 1 rings (SSSR count). The molecule has 4 N–H and O–H groups in total. The Hall–Kier alpha value is -3.80. The summed E-state index contributed by atoms with van der Waals surface area (Å²) >= 11 is 0. The first-order valence-corrected chi connectivity index (χ1v) is 12.0. The van der Waals surface area contributed by atoms with Gasteiger partial charge in [-0.05, 0) is 50.8 Å². The number of unbranched alkanes of at least 4 members (excludes halogenated alkanes) is 2. The molecule has 0 aliphatic rings. The molecule has 36 heavy (non-hydrogen) atoms. The van der Waals surface area contributed by atoms with Crippen LogP contribution in [-0.2, 0) is 19.1 Å². The summed E-state index contributed by atoms with van der Waals surface area (Å²) in [6.07, 6.45) is 8.86. The van der Waals surface area contributed by atoms with Crippen LogP contribution in [0.25, 0.3) is 6.08 Å². The highest BCUT2D eigenvalue weighted by atomic mass is 16.6. The number of carbonyl (C=O) groups excluding carboxylic acids is 4. The molecule has 0 aliphatic carbocycles. The third-order valence-electron chi connectivity index (χ3n) is 5.09. The van der Waals surface area contributed by atoms with Crippen molar-refractivity contribution in [3.8, 4) is 12.5 Å². The number of terminal acetylenes is 1. The Morgan fingerprint density at radius 1 is 1.25 bits per heavy atom. The molecular weight excluding hydrogens is 460 g/mol. The monoisotopic (exact) mass is 498 g/mol. The number of amides is 4. The lowest BCUT2D eigenvalue weighted by atomic mass is 10.00. The Balaban J connectivity index is 3.36. The van der Waals surface area contributed by atoms with Gasteiger partial charge in [0.05, 0.1) is 0 Å². The maximum absolute atomic E-state index is 13.6. The van der Waals surface area contributed by atoms with Crippen LogP contribution in [0, 0.1) is 12.5 Å². The van der Waals surface area contributed by atoms with Crippen molar-refractivity contribution < 1.29 is 23.9 Å². The molecule has 0 radical (unpaired) electrons. The molecule has 0 saturated heterocycles. The van der Waals surface area contributed by atoms with Gasteiger partial charge in [0, 0.05) is 19.0 Å². The molecular formula is C27H38N4O5.